The van der Waals surface area contributed by atoms with E-state index in [1.54, 1.807) is 36.4 Å². The molecule has 0 radical (unpaired) electrons. The number of nitro benzene ring substituents is 1. The topological polar surface area (TPSA) is 92.6 Å². The van der Waals surface area contributed by atoms with Crippen molar-refractivity contribution in [1.82, 2.24) is 10.2 Å². The van der Waals surface area contributed by atoms with Crippen molar-refractivity contribution in [3.63, 3.8) is 0 Å². The van der Waals surface area contributed by atoms with Gasteiger partial charge in [0.15, 0.2) is 0 Å². The highest BCUT2D eigenvalue weighted by Gasteiger charge is 2.32. The van der Waals surface area contributed by atoms with E-state index in [-0.39, 0.29) is 42.6 Å². The average molecular weight is 542 g/mol. The lowest BCUT2D eigenvalue weighted by atomic mass is 10.0. The number of halogens is 2. The van der Waals surface area contributed by atoms with Gasteiger partial charge in [0, 0.05) is 46.2 Å². The number of carbonyl (C=O) groups excluding carboxylic acids is 2. The van der Waals surface area contributed by atoms with Gasteiger partial charge in [-0.2, -0.15) is 0 Å². The van der Waals surface area contributed by atoms with Crippen molar-refractivity contribution in [2.45, 2.75) is 51.7 Å². The number of amides is 2. The van der Waals surface area contributed by atoms with Crippen LogP contribution in [0.2, 0.25) is 10.0 Å². The molecular weight excluding hydrogens is 513 g/mol. The second kappa shape index (κ2) is 13.2. The van der Waals surface area contributed by atoms with Gasteiger partial charge in [0.05, 0.1) is 11.3 Å². The van der Waals surface area contributed by atoms with Crippen molar-refractivity contribution < 1.29 is 14.5 Å². The summed E-state index contributed by atoms with van der Waals surface area (Å²) in [5, 5.41) is 15.3. The third-order valence-electron chi connectivity index (χ3n) is 6.19. The molecule has 0 bridgehead atoms. The van der Waals surface area contributed by atoms with Crippen molar-refractivity contribution >= 4 is 40.7 Å². The molecule has 2 atom stereocenters. The highest BCUT2D eigenvalue weighted by molar-refractivity contribution is 6.36. The Balaban J connectivity index is 2.07. The lowest BCUT2D eigenvalue weighted by Gasteiger charge is -2.33. The van der Waals surface area contributed by atoms with Crippen molar-refractivity contribution in [2.75, 3.05) is 0 Å². The fourth-order valence-electron chi connectivity index (χ4n) is 3.95. The van der Waals surface area contributed by atoms with Crippen molar-refractivity contribution in [2.24, 2.45) is 0 Å². The average Bonchev–Trinajstić information content (AvgIpc) is 2.88. The summed E-state index contributed by atoms with van der Waals surface area (Å²) in [6.07, 6.45) is 0.694. The second-order valence-corrected chi connectivity index (χ2v) is 9.62. The zero-order valence-corrected chi connectivity index (χ0v) is 22.2. The van der Waals surface area contributed by atoms with Crippen LogP contribution in [0.1, 0.15) is 37.0 Å². The summed E-state index contributed by atoms with van der Waals surface area (Å²) >= 11 is 12.9. The third kappa shape index (κ3) is 7.54. The molecule has 0 saturated carbocycles. The summed E-state index contributed by atoms with van der Waals surface area (Å²) in [4.78, 5) is 39.9. The van der Waals surface area contributed by atoms with Gasteiger partial charge in [-0.1, -0.05) is 84.7 Å². The van der Waals surface area contributed by atoms with Gasteiger partial charge in [-0.3, -0.25) is 19.7 Å². The zero-order valence-electron chi connectivity index (χ0n) is 20.7. The molecule has 1 N–H and O–H groups in total. The Hall–Kier alpha value is -3.42. The lowest BCUT2D eigenvalue weighted by molar-refractivity contribution is -0.385. The molecule has 7 nitrogen and oxygen atoms in total. The Morgan fingerprint density at radius 3 is 2.22 bits per heavy atom. The van der Waals surface area contributed by atoms with E-state index in [2.05, 4.69) is 5.32 Å². The van der Waals surface area contributed by atoms with Gasteiger partial charge in [0.25, 0.3) is 5.69 Å². The van der Waals surface area contributed by atoms with Crippen LogP contribution in [0.3, 0.4) is 0 Å². The minimum atomic E-state index is -0.904. The van der Waals surface area contributed by atoms with Gasteiger partial charge in [0.1, 0.15) is 6.04 Å². The molecule has 0 heterocycles. The molecule has 0 fully saturated rings. The van der Waals surface area contributed by atoms with Crippen LogP contribution in [0.4, 0.5) is 5.69 Å². The maximum absolute atomic E-state index is 13.8. The number of nitro groups is 1. The third-order valence-corrected chi connectivity index (χ3v) is 6.90. The van der Waals surface area contributed by atoms with Gasteiger partial charge in [-0.15, -0.1) is 0 Å². The first-order valence-electron chi connectivity index (χ1n) is 12.0. The molecule has 2 unspecified atom stereocenters. The van der Waals surface area contributed by atoms with E-state index in [0.29, 0.717) is 22.0 Å². The SMILES string of the molecule is CCC(C)NC(=O)C(Cc1ccccc1)N(Cc1c(Cl)cccc1Cl)C(=O)Cc1ccccc1[N+](=O)[O-]. The molecule has 0 aliphatic carbocycles. The molecule has 2 amide bonds. The molecule has 3 rings (SSSR count). The minimum Gasteiger partial charge on any atom is -0.352 e. The smallest absolute Gasteiger partial charge is 0.273 e. The van der Waals surface area contributed by atoms with E-state index in [4.69, 9.17) is 23.2 Å². The van der Waals surface area contributed by atoms with Gasteiger partial charge in [-0.25, -0.2) is 0 Å². The maximum Gasteiger partial charge on any atom is 0.273 e. The van der Waals surface area contributed by atoms with Crippen molar-refractivity contribution in [3.05, 3.63) is 110 Å². The van der Waals surface area contributed by atoms with Gasteiger partial charge in [-0.05, 0) is 31.0 Å². The number of benzene rings is 3. The van der Waals surface area contributed by atoms with Crippen LogP contribution >= 0.6 is 23.2 Å². The summed E-state index contributed by atoms with van der Waals surface area (Å²) in [6, 6.07) is 19.5. The van der Waals surface area contributed by atoms with Crippen LogP contribution in [0.5, 0.6) is 0 Å². The number of hydrogen-bond donors (Lipinski definition) is 1. The van der Waals surface area contributed by atoms with E-state index >= 15 is 0 Å². The summed E-state index contributed by atoms with van der Waals surface area (Å²) in [5.74, 6) is -0.775. The highest BCUT2D eigenvalue weighted by atomic mass is 35.5. The molecular formula is C28H29Cl2N3O4. The Morgan fingerprint density at radius 1 is 0.973 bits per heavy atom. The summed E-state index contributed by atoms with van der Waals surface area (Å²) in [5.41, 5.74) is 1.46. The molecule has 0 aliphatic rings. The van der Waals surface area contributed by atoms with E-state index in [0.717, 1.165) is 5.56 Å². The molecule has 9 heteroatoms. The predicted octanol–water partition coefficient (Wildman–Crippen LogP) is 6.00. The molecule has 0 spiro atoms. The number of hydrogen-bond acceptors (Lipinski definition) is 4. The van der Waals surface area contributed by atoms with Gasteiger partial charge >= 0.3 is 0 Å². The minimum absolute atomic E-state index is 0.0383. The van der Waals surface area contributed by atoms with Gasteiger partial charge < -0.3 is 10.2 Å². The van der Waals surface area contributed by atoms with Crippen LogP contribution < -0.4 is 5.32 Å². The first-order valence-corrected chi connectivity index (χ1v) is 12.8. The van der Waals surface area contributed by atoms with E-state index < -0.39 is 16.9 Å². The Labute approximate surface area is 226 Å². The first-order chi connectivity index (χ1) is 17.7. The number of rotatable bonds is 11. The summed E-state index contributed by atoms with van der Waals surface area (Å²) in [7, 11) is 0. The number of para-hydroxylation sites is 1. The van der Waals surface area contributed by atoms with E-state index in [9.17, 15) is 19.7 Å². The highest BCUT2D eigenvalue weighted by Crippen LogP contribution is 2.28. The molecule has 37 heavy (non-hydrogen) atoms. The molecule has 0 aliphatic heterocycles. The quantitative estimate of drug-likeness (QED) is 0.238. The zero-order chi connectivity index (χ0) is 26.9. The molecule has 0 aromatic heterocycles. The van der Waals surface area contributed by atoms with Crippen LogP contribution in [-0.2, 0) is 29.0 Å². The second-order valence-electron chi connectivity index (χ2n) is 8.81. The number of nitrogens with zero attached hydrogens (tertiary/aromatic N) is 2. The number of nitrogens with one attached hydrogen (secondary N) is 1. The Kier molecular flexibility index (Phi) is 10.1. The predicted molar refractivity (Wildman–Crippen MR) is 146 cm³/mol. The Bertz CT molecular complexity index is 1230. The fraction of sp³-hybridized carbons (Fsp3) is 0.286. The summed E-state index contributed by atoms with van der Waals surface area (Å²) < 4.78 is 0. The maximum atomic E-state index is 13.8. The molecule has 3 aromatic rings. The van der Waals surface area contributed by atoms with Crippen LogP contribution in [0, 0.1) is 10.1 Å². The summed E-state index contributed by atoms with van der Waals surface area (Å²) in [6.45, 7) is 3.81. The van der Waals surface area contributed by atoms with Crippen molar-refractivity contribution in [3.8, 4) is 0 Å². The van der Waals surface area contributed by atoms with Crippen LogP contribution in [0.25, 0.3) is 0 Å². The van der Waals surface area contributed by atoms with Crippen LogP contribution in [-0.4, -0.2) is 33.7 Å². The lowest BCUT2D eigenvalue weighted by Crippen LogP contribution is -2.52. The molecule has 194 valence electrons. The Morgan fingerprint density at radius 2 is 1.59 bits per heavy atom. The molecule has 0 saturated heterocycles. The standard InChI is InChI=1S/C28H29Cl2N3O4/c1-3-19(2)31-28(35)26(16-20-10-5-4-6-11-20)32(18-22-23(29)13-9-14-24(22)30)27(34)17-21-12-7-8-15-25(21)33(36)37/h4-15,19,26H,3,16-18H2,1-2H3,(H,31,35). The molecule has 3 aromatic carbocycles. The normalized spacial score (nSPS) is 12.4. The van der Waals surface area contributed by atoms with E-state index in [1.165, 1.54) is 11.0 Å². The number of carbonyl (C=O) groups is 2. The van der Waals surface area contributed by atoms with E-state index in [1.807, 2.05) is 44.2 Å². The first kappa shape index (κ1) is 28.2. The monoisotopic (exact) mass is 541 g/mol. The fourth-order valence-corrected chi connectivity index (χ4v) is 4.47. The van der Waals surface area contributed by atoms with Crippen LogP contribution in [0.15, 0.2) is 72.8 Å². The van der Waals surface area contributed by atoms with Gasteiger partial charge in [0.2, 0.25) is 11.8 Å². The van der Waals surface area contributed by atoms with Crippen molar-refractivity contribution in [1.29, 1.82) is 0 Å². The largest absolute Gasteiger partial charge is 0.352 e.